The number of benzene rings is 3. The van der Waals surface area contributed by atoms with Crippen molar-refractivity contribution in [1.29, 1.82) is 0 Å². The summed E-state index contributed by atoms with van der Waals surface area (Å²) in [5.74, 6) is 0.983. The molecule has 0 unspecified atom stereocenters. The maximum absolute atomic E-state index is 4.44. The van der Waals surface area contributed by atoms with Crippen LogP contribution in [0.5, 0.6) is 0 Å². The highest BCUT2D eigenvalue weighted by atomic mass is 14.2. The van der Waals surface area contributed by atoms with Gasteiger partial charge in [-0.05, 0) is 95.7 Å². The number of aryl methyl sites for hydroxylation is 4. The van der Waals surface area contributed by atoms with Gasteiger partial charge in [-0.1, -0.05) is 93.3 Å². The third-order valence-corrected chi connectivity index (χ3v) is 7.20. The van der Waals surface area contributed by atoms with E-state index in [9.17, 15) is 0 Å². The van der Waals surface area contributed by atoms with E-state index in [4.69, 9.17) is 0 Å². The smallest absolute Gasteiger partial charge is 0.0146 e. The van der Waals surface area contributed by atoms with Gasteiger partial charge in [0, 0.05) is 0 Å². The summed E-state index contributed by atoms with van der Waals surface area (Å²) in [6.07, 6.45) is 9.71. The minimum Gasteiger partial charge on any atom is -0.0905 e. The first-order valence-corrected chi connectivity index (χ1v) is 12.0. The molecule has 0 spiro atoms. The molecule has 1 fully saturated rings. The van der Waals surface area contributed by atoms with Crippen molar-refractivity contribution in [2.75, 3.05) is 0 Å². The number of hydrogen-bond acceptors (Lipinski definition) is 0. The molecule has 0 amide bonds. The highest BCUT2D eigenvalue weighted by Crippen LogP contribution is 2.33. The molecule has 1 aliphatic rings. The SMILES string of the molecule is C=C(c1ccc(C)c(-c2cc(CCCC3CCCC3)ccc2C)c1)c1ccccc1C. The lowest BCUT2D eigenvalue weighted by Gasteiger charge is -2.16. The third kappa shape index (κ3) is 5.01. The molecular weight excluding hydrogens is 372 g/mol. The van der Waals surface area contributed by atoms with Crippen molar-refractivity contribution < 1.29 is 0 Å². The first kappa shape index (κ1) is 21.6. The Kier molecular flexibility index (Phi) is 6.76. The Bertz CT molecular complexity index is 1060. The second-order valence-electron chi connectivity index (χ2n) is 9.52. The molecule has 0 nitrogen and oxygen atoms in total. The molecule has 31 heavy (non-hydrogen) atoms. The Morgan fingerprint density at radius 3 is 2.23 bits per heavy atom. The van der Waals surface area contributed by atoms with Crippen molar-refractivity contribution in [3.63, 3.8) is 0 Å². The van der Waals surface area contributed by atoms with Gasteiger partial charge < -0.3 is 0 Å². The second-order valence-corrected chi connectivity index (χ2v) is 9.52. The summed E-state index contributed by atoms with van der Waals surface area (Å²) in [7, 11) is 0. The lowest BCUT2D eigenvalue weighted by Crippen LogP contribution is -1.97. The van der Waals surface area contributed by atoms with Crippen molar-refractivity contribution >= 4 is 5.57 Å². The zero-order chi connectivity index (χ0) is 21.8. The lowest BCUT2D eigenvalue weighted by atomic mass is 9.89. The van der Waals surface area contributed by atoms with Crippen LogP contribution < -0.4 is 0 Å². The van der Waals surface area contributed by atoms with E-state index in [-0.39, 0.29) is 0 Å². The van der Waals surface area contributed by atoms with E-state index in [1.54, 1.807) is 0 Å². The topological polar surface area (TPSA) is 0 Å². The molecule has 0 heterocycles. The van der Waals surface area contributed by atoms with E-state index in [1.807, 2.05) is 0 Å². The van der Waals surface area contributed by atoms with Gasteiger partial charge in [0.2, 0.25) is 0 Å². The fourth-order valence-electron chi connectivity index (χ4n) is 5.18. The fourth-order valence-corrected chi connectivity index (χ4v) is 5.18. The standard InChI is InChI=1S/C31H36/c1-22-10-5-8-15-29(22)25(4)28-19-17-24(3)31(21-28)30-20-27(18-16-23(30)2)14-9-13-26-11-6-7-12-26/h5,8,10,15-21,26H,4,6-7,9,11-14H2,1-3H3. The summed E-state index contributed by atoms with van der Waals surface area (Å²) in [5.41, 5.74) is 11.7. The average Bonchev–Trinajstić information content (AvgIpc) is 3.29. The van der Waals surface area contributed by atoms with Gasteiger partial charge in [-0.25, -0.2) is 0 Å². The van der Waals surface area contributed by atoms with Gasteiger partial charge in [-0.3, -0.25) is 0 Å². The zero-order valence-corrected chi connectivity index (χ0v) is 19.5. The molecule has 3 aromatic carbocycles. The molecule has 160 valence electrons. The minimum absolute atomic E-state index is 0.983. The highest BCUT2D eigenvalue weighted by Gasteiger charge is 2.15. The summed E-state index contributed by atoms with van der Waals surface area (Å²) in [5, 5.41) is 0. The number of rotatable bonds is 7. The molecule has 0 radical (unpaired) electrons. The van der Waals surface area contributed by atoms with Crippen LogP contribution in [0.15, 0.2) is 67.2 Å². The summed E-state index contributed by atoms with van der Waals surface area (Å²) >= 11 is 0. The van der Waals surface area contributed by atoms with Gasteiger partial charge in [-0.15, -0.1) is 0 Å². The van der Waals surface area contributed by atoms with Gasteiger partial charge in [-0.2, -0.15) is 0 Å². The Hall–Kier alpha value is -2.60. The first-order chi connectivity index (χ1) is 15.0. The van der Waals surface area contributed by atoms with E-state index in [0.717, 1.165) is 11.5 Å². The highest BCUT2D eigenvalue weighted by molar-refractivity contribution is 5.83. The molecule has 0 bridgehead atoms. The monoisotopic (exact) mass is 408 g/mol. The van der Waals surface area contributed by atoms with Crippen LogP contribution in [0.25, 0.3) is 16.7 Å². The number of hydrogen-bond donors (Lipinski definition) is 0. The fraction of sp³-hybridized carbons (Fsp3) is 0.355. The van der Waals surface area contributed by atoms with Crippen LogP contribution in [0, 0.1) is 26.7 Å². The molecular formula is C31H36. The van der Waals surface area contributed by atoms with Crippen LogP contribution in [-0.4, -0.2) is 0 Å². The predicted octanol–water partition coefficient (Wildman–Crippen LogP) is 8.85. The van der Waals surface area contributed by atoms with Crippen LogP contribution in [0.3, 0.4) is 0 Å². The average molecular weight is 409 g/mol. The molecule has 3 aromatic rings. The first-order valence-electron chi connectivity index (χ1n) is 12.0. The molecule has 1 aliphatic carbocycles. The minimum atomic E-state index is 0.983. The van der Waals surface area contributed by atoms with Crippen LogP contribution in [-0.2, 0) is 6.42 Å². The molecule has 1 saturated carbocycles. The molecule has 0 N–H and O–H groups in total. The predicted molar refractivity (Wildman–Crippen MR) is 136 cm³/mol. The summed E-state index contributed by atoms with van der Waals surface area (Å²) in [6, 6.07) is 22.4. The summed E-state index contributed by atoms with van der Waals surface area (Å²) in [4.78, 5) is 0. The van der Waals surface area contributed by atoms with Crippen molar-refractivity contribution in [3.05, 3.63) is 101 Å². The quantitative estimate of drug-likeness (QED) is 0.366. The molecule has 0 atom stereocenters. The van der Waals surface area contributed by atoms with Gasteiger partial charge >= 0.3 is 0 Å². The zero-order valence-electron chi connectivity index (χ0n) is 19.5. The maximum Gasteiger partial charge on any atom is -0.0146 e. The van der Waals surface area contributed by atoms with Crippen molar-refractivity contribution in [1.82, 2.24) is 0 Å². The Morgan fingerprint density at radius 2 is 1.48 bits per heavy atom. The largest absolute Gasteiger partial charge is 0.0905 e. The maximum atomic E-state index is 4.44. The Morgan fingerprint density at radius 1 is 0.806 bits per heavy atom. The molecule has 0 aromatic heterocycles. The van der Waals surface area contributed by atoms with E-state index in [2.05, 4.69) is 88.0 Å². The van der Waals surface area contributed by atoms with Crippen molar-refractivity contribution in [3.8, 4) is 11.1 Å². The van der Waals surface area contributed by atoms with Crippen LogP contribution >= 0.6 is 0 Å². The lowest BCUT2D eigenvalue weighted by molar-refractivity contribution is 0.484. The van der Waals surface area contributed by atoms with Crippen LogP contribution in [0.2, 0.25) is 0 Å². The van der Waals surface area contributed by atoms with Gasteiger partial charge in [0.1, 0.15) is 0 Å². The second kappa shape index (κ2) is 9.69. The van der Waals surface area contributed by atoms with Crippen LogP contribution in [0.1, 0.15) is 71.9 Å². The van der Waals surface area contributed by atoms with Crippen molar-refractivity contribution in [2.45, 2.75) is 65.7 Å². The third-order valence-electron chi connectivity index (χ3n) is 7.20. The van der Waals surface area contributed by atoms with E-state index in [1.165, 1.54) is 89.5 Å². The Balaban J connectivity index is 1.59. The summed E-state index contributed by atoms with van der Waals surface area (Å²) in [6.45, 7) is 11.1. The normalized spacial score (nSPS) is 14.2. The van der Waals surface area contributed by atoms with Gasteiger partial charge in [0.05, 0.1) is 0 Å². The van der Waals surface area contributed by atoms with Gasteiger partial charge in [0.15, 0.2) is 0 Å². The molecule has 4 rings (SSSR count). The van der Waals surface area contributed by atoms with Crippen LogP contribution in [0.4, 0.5) is 0 Å². The molecule has 0 saturated heterocycles. The Labute approximate surface area is 189 Å². The van der Waals surface area contributed by atoms with Gasteiger partial charge in [0.25, 0.3) is 0 Å². The van der Waals surface area contributed by atoms with E-state index < -0.39 is 0 Å². The van der Waals surface area contributed by atoms with E-state index >= 15 is 0 Å². The molecule has 0 aliphatic heterocycles. The van der Waals surface area contributed by atoms with E-state index in [0.29, 0.717) is 0 Å². The summed E-state index contributed by atoms with van der Waals surface area (Å²) < 4.78 is 0. The molecule has 0 heteroatoms. The van der Waals surface area contributed by atoms with Crippen molar-refractivity contribution in [2.24, 2.45) is 5.92 Å².